The van der Waals surface area contributed by atoms with Crippen molar-refractivity contribution in [1.29, 1.82) is 0 Å². The van der Waals surface area contributed by atoms with Crippen LogP contribution in [0.5, 0.6) is 11.5 Å². The maximum absolute atomic E-state index is 5.96. The van der Waals surface area contributed by atoms with Crippen molar-refractivity contribution < 1.29 is 9.47 Å². The first-order valence-corrected chi connectivity index (χ1v) is 6.90. The van der Waals surface area contributed by atoms with Crippen molar-refractivity contribution in [2.45, 2.75) is 10.6 Å². The highest BCUT2D eigenvalue weighted by molar-refractivity contribution is 7.98. The largest absolute Gasteiger partial charge is 0.497 e. The topological polar surface area (TPSA) is 44.5 Å². The van der Waals surface area contributed by atoms with Crippen molar-refractivity contribution >= 4 is 17.4 Å². The van der Waals surface area contributed by atoms with Crippen molar-refractivity contribution in [1.82, 2.24) is 0 Å². The van der Waals surface area contributed by atoms with E-state index in [0.717, 1.165) is 27.8 Å². The Morgan fingerprint density at radius 1 is 1.00 bits per heavy atom. The van der Waals surface area contributed by atoms with Gasteiger partial charge in [0.15, 0.2) is 0 Å². The van der Waals surface area contributed by atoms with Crippen LogP contribution in [-0.4, -0.2) is 14.2 Å². The summed E-state index contributed by atoms with van der Waals surface area (Å²) in [6.45, 7) is 0. The number of hydrogen-bond acceptors (Lipinski definition) is 4. The number of methoxy groups -OCH3 is 2. The van der Waals surface area contributed by atoms with Crippen LogP contribution in [0.25, 0.3) is 0 Å². The molecule has 0 amide bonds. The summed E-state index contributed by atoms with van der Waals surface area (Å²) in [5.41, 5.74) is 7.94. The summed E-state index contributed by atoms with van der Waals surface area (Å²) >= 11 is 1.69. The van der Waals surface area contributed by atoms with Crippen LogP contribution < -0.4 is 15.2 Å². The van der Waals surface area contributed by atoms with E-state index in [1.54, 1.807) is 26.0 Å². The number of rotatable bonds is 5. The van der Waals surface area contributed by atoms with Gasteiger partial charge >= 0.3 is 0 Å². The second-order valence-corrected chi connectivity index (χ2v) is 5.06. The molecule has 0 spiro atoms. The summed E-state index contributed by atoms with van der Waals surface area (Å²) in [7, 11) is 3.33. The number of nitrogens with two attached hydrogens (primary N) is 1. The molecular formula is C15H17NO2S. The van der Waals surface area contributed by atoms with Gasteiger partial charge in [-0.3, -0.25) is 0 Å². The van der Waals surface area contributed by atoms with Gasteiger partial charge in [0.25, 0.3) is 0 Å². The molecule has 0 aliphatic rings. The average molecular weight is 275 g/mol. The predicted molar refractivity (Wildman–Crippen MR) is 80.0 cm³/mol. The van der Waals surface area contributed by atoms with E-state index in [0.29, 0.717) is 0 Å². The van der Waals surface area contributed by atoms with E-state index in [2.05, 4.69) is 6.07 Å². The molecule has 100 valence electrons. The van der Waals surface area contributed by atoms with Gasteiger partial charge in [-0.1, -0.05) is 12.1 Å². The van der Waals surface area contributed by atoms with Crippen LogP contribution in [0.3, 0.4) is 0 Å². The van der Waals surface area contributed by atoms with Gasteiger partial charge in [-0.15, -0.1) is 11.8 Å². The molecule has 0 saturated heterocycles. The van der Waals surface area contributed by atoms with Crippen LogP contribution in [0.2, 0.25) is 0 Å². The fourth-order valence-corrected chi connectivity index (χ4v) is 2.63. The quantitative estimate of drug-likeness (QED) is 0.669. The van der Waals surface area contributed by atoms with E-state index in [4.69, 9.17) is 15.2 Å². The molecule has 0 aliphatic carbocycles. The number of thioether (sulfide) groups is 1. The molecule has 2 aromatic carbocycles. The van der Waals surface area contributed by atoms with Gasteiger partial charge < -0.3 is 15.2 Å². The van der Waals surface area contributed by atoms with Gasteiger partial charge in [0, 0.05) is 16.3 Å². The van der Waals surface area contributed by atoms with E-state index in [1.807, 2.05) is 36.4 Å². The SMILES string of the molecule is COc1cccc(CSc2cc(OC)ccc2N)c1. The Kier molecular flexibility index (Phi) is 4.58. The van der Waals surface area contributed by atoms with Gasteiger partial charge in [-0.2, -0.15) is 0 Å². The minimum atomic E-state index is 0.772. The van der Waals surface area contributed by atoms with Gasteiger partial charge in [0.2, 0.25) is 0 Å². The van der Waals surface area contributed by atoms with E-state index in [9.17, 15) is 0 Å². The van der Waals surface area contributed by atoms with Gasteiger partial charge in [0.05, 0.1) is 14.2 Å². The summed E-state index contributed by atoms with van der Waals surface area (Å²) in [6.07, 6.45) is 0. The highest BCUT2D eigenvalue weighted by atomic mass is 32.2. The molecule has 2 rings (SSSR count). The zero-order chi connectivity index (χ0) is 13.7. The molecule has 19 heavy (non-hydrogen) atoms. The molecule has 0 aliphatic heterocycles. The molecule has 0 aromatic heterocycles. The van der Waals surface area contributed by atoms with Gasteiger partial charge in [0.1, 0.15) is 11.5 Å². The summed E-state index contributed by atoms with van der Waals surface area (Å²) in [6, 6.07) is 13.7. The molecular weight excluding hydrogens is 258 g/mol. The van der Waals surface area contributed by atoms with Gasteiger partial charge in [-0.25, -0.2) is 0 Å². The first kappa shape index (κ1) is 13.6. The minimum absolute atomic E-state index is 0.772. The molecule has 2 N–H and O–H groups in total. The second kappa shape index (κ2) is 6.38. The minimum Gasteiger partial charge on any atom is -0.497 e. The molecule has 0 heterocycles. The maximum Gasteiger partial charge on any atom is 0.120 e. The van der Waals surface area contributed by atoms with Crippen molar-refractivity contribution in [3.05, 3.63) is 48.0 Å². The van der Waals surface area contributed by atoms with Crippen LogP contribution in [-0.2, 0) is 5.75 Å². The number of anilines is 1. The molecule has 2 aromatic rings. The first-order valence-electron chi connectivity index (χ1n) is 5.92. The average Bonchev–Trinajstić information content (AvgIpc) is 2.46. The third-order valence-corrected chi connectivity index (χ3v) is 3.89. The normalized spacial score (nSPS) is 10.2. The fourth-order valence-electron chi connectivity index (χ4n) is 1.69. The molecule has 3 nitrogen and oxygen atoms in total. The molecule has 0 saturated carbocycles. The summed E-state index contributed by atoms with van der Waals surface area (Å²) < 4.78 is 10.4. The second-order valence-electron chi connectivity index (χ2n) is 4.04. The van der Waals surface area contributed by atoms with E-state index in [1.165, 1.54) is 5.56 Å². The molecule has 0 fully saturated rings. The van der Waals surface area contributed by atoms with E-state index < -0.39 is 0 Å². The molecule has 0 bridgehead atoms. The Labute approximate surface area is 117 Å². The number of ether oxygens (including phenoxy) is 2. The van der Waals surface area contributed by atoms with E-state index >= 15 is 0 Å². The number of hydrogen-bond donors (Lipinski definition) is 1. The Morgan fingerprint density at radius 2 is 1.74 bits per heavy atom. The zero-order valence-electron chi connectivity index (χ0n) is 11.1. The molecule has 0 unspecified atom stereocenters. The summed E-state index contributed by atoms with van der Waals surface area (Å²) in [5, 5.41) is 0. The predicted octanol–water partition coefficient (Wildman–Crippen LogP) is 3.58. The van der Waals surface area contributed by atoms with Crippen molar-refractivity contribution in [3.63, 3.8) is 0 Å². The zero-order valence-corrected chi connectivity index (χ0v) is 11.9. The number of nitrogen functional groups attached to an aromatic ring is 1. The lowest BCUT2D eigenvalue weighted by molar-refractivity contribution is 0.414. The Balaban J connectivity index is 2.09. The van der Waals surface area contributed by atoms with Crippen molar-refractivity contribution in [2.24, 2.45) is 0 Å². The van der Waals surface area contributed by atoms with Crippen LogP contribution >= 0.6 is 11.8 Å². The molecule has 0 atom stereocenters. The highest BCUT2D eigenvalue weighted by Crippen LogP contribution is 2.31. The lowest BCUT2D eigenvalue weighted by Crippen LogP contribution is -1.91. The van der Waals surface area contributed by atoms with Crippen LogP contribution in [0.1, 0.15) is 5.56 Å². The summed E-state index contributed by atoms with van der Waals surface area (Å²) in [4.78, 5) is 1.03. The smallest absolute Gasteiger partial charge is 0.120 e. The third kappa shape index (κ3) is 3.58. The lowest BCUT2D eigenvalue weighted by Gasteiger charge is -2.08. The van der Waals surface area contributed by atoms with E-state index in [-0.39, 0.29) is 0 Å². The third-order valence-electron chi connectivity index (χ3n) is 2.75. The highest BCUT2D eigenvalue weighted by Gasteiger charge is 2.04. The molecule has 0 radical (unpaired) electrons. The lowest BCUT2D eigenvalue weighted by atomic mass is 10.2. The maximum atomic E-state index is 5.96. The van der Waals surface area contributed by atoms with Crippen LogP contribution in [0.4, 0.5) is 5.69 Å². The first-order chi connectivity index (χ1) is 9.22. The Morgan fingerprint density at radius 3 is 2.47 bits per heavy atom. The molecule has 4 heteroatoms. The van der Waals surface area contributed by atoms with Crippen molar-refractivity contribution in [3.8, 4) is 11.5 Å². The fraction of sp³-hybridized carbons (Fsp3) is 0.200. The van der Waals surface area contributed by atoms with Crippen molar-refractivity contribution in [2.75, 3.05) is 20.0 Å². The summed E-state index contributed by atoms with van der Waals surface area (Å²) in [5.74, 6) is 2.54. The Hall–Kier alpha value is -1.81. The van der Waals surface area contributed by atoms with Gasteiger partial charge in [-0.05, 0) is 35.9 Å². The van der Waals surface area contributed by atoms with Crippen LogP contribution in [0.15, 0.2) is 47.4 Å². The monoisotopic (exact) mass is 275 g/mol. The number of benzene rings is 2. The Bertz CT molecular complexity index is 558. The van der Waals surface area contributed by atoms with Crippen LogP contribution in [0, 0.1) is 0 Å². The standard InChI is InChI=1S/C15H17NO2S/c1-17-12-5-3-4-11(8-12)10-19-15-9-13(18-2)6-7-14(15)16/h3-9H,10,16H2,1-2H3.